The van der Waals surface area contributed by atoms with Gasteiger partial charge in [0.2, 0.25) is 0 Å². The number of nitrogens with zero attached hydrogens (tertiary/aromatic N) is 8. The van der Waals surface area contributed by atoms with E-state index in [1.165, 1.54) is 13.8 Å². The van der Waals surface area contributed by atoms with Crippen LogP contribution in [-0.4, -0.2) is 246 Å². The molecular formula is C87H122N10O22. The number of hydrogen-bond donors (Lipinski definition) is 4. The topological polar surface area (TPSA) is 403 Å². The molecule has 0 spiro atoms. The number of aliphatic hydroxyl groups excluding tert-OH is 2. The number of esters is 4. The average Bonchev–Trinajstić information content (AvgIpc) is 1.69. The molecule has 4 N–H and O–H groups in total. The van der Waals surface area contributed by atoms with E-state index in [4.69, 9.17) is 47.4 Å². The number of aromatic nitrogens is 6. The van der Waals surface area contributed by atoms with Gasteiger partial charge in [0.15, 0.2) is 35.8 Å². The monoisotopic (exact) mass is 1660 g/mol. The van der Waals surface area contributed by atoms with Crippen molar-refractivity contribution in [1.29, 1.82) is 0 Å². The molecule has 26 atom stereocenters. The number of Topliss-reactive ketones (excluding diaryl/α,β-unsaturated/α-hetero) is 4. The minimum absolute atomic E-state index is 0.0146. The Labute approximate surface area is 696 Å². The molecule has 0 bridgehead atoms. The van der Waals surface area contributed by atoms with Crippen LogP contribution in [0.4, 0.5) is 9.59 Å². The highest BCUT2D eigenvalue weighted by molar-refractivity contribution is 6.01. The second-order valence-electron chi connectivity index (χ2n) is 34.2. The lowest BCUT2D eigenvalue weighted by Gasteiger charge is -2.47. The molecule has 6 aliphatic heterocycles. The third-order valence-corrected chi connectivity index (χ3v) is 24.7. The molecule has 0 radical (unpaired) electrons. The number of ketones is 4. The number of carbonyl (C=O) groups excluding carboxylic acids is 10. The Balaban J connectivity index is 0.000000271. The smallest absolute Gasteiger partial charge is 0.408 e. The van der Waals surface area contributed by atoms with Crippen LogP contribution in [0.3, 0.4) is 0 Å². The van der Waals surface area contributed by atoms with Crippen LogP contribution >= 0.6 is 0 Å². The third kappa shape index (κ3) is 22.0. The van der Waals surface area contributed by atoms with Crippen LogP contribution < -0.4 is 10.6 Å². The van der Waals surface area contributed by atoms with E-state index in [-0.39, 0.29) is 87.5 Å². The van der Waals surface area contributed by atoms with E-state index in [1.807, 2.05) is 82.2 Å². The Kier molecular flexibility index (Phi) is 31.5. The van der Waals surface area contributed by atoms with E-state index in [1.54, 1.807) is 155 Å². The van der Waals surface area contributed by atoms with Gasteiger partial charge in [-0.05, 0) is 146 Å². The van der Waals surface area contributed by atoms with Gasteiger partial charge < -0.3 is 78.0 Å². The SMILES string of the molecule is CC[C@H]1OC(=O)[C@H](C)C(=O)[C@H](C)[C@@H](OC2O[C@H](C)C[C@H](N(C)C)[C@H]2O)[C@](C)(OC(=O)NC/C=C/c2cccc(-c3ncccn3)c2)C[C@@H](C)C(=O)C(C)C2CC(=O)O[C@@]21C.CC[C@H]1OC(=O)[C@H](C)C(=O)[C@H](C)[C@@H](OC2O[C@H](C)C[C@H](N(C)C)[C@H]2O)[C@](C)(OC(=O)NC/C=C/c2cn(-c3cnccn3)cn2)C[C@@H](C)C(=O)C(C)C2CC(=O)O[C@@]21C. The van der Waals surface area contributed by atoms with Crippen molar-refractivity contribution in [2.24, 2.45) is 59.2 Å². The second-order valence-corrected chi connectivity index (χ2v) is 34.2. The first-order valence-electron chi connectivity index (χ1n) is 41.3. The van der Waals surface area contributed by atoms with E-state index < -0.39 is 178 Å². The maximum Gasteiger partial charge on any atom is 0.408 e. The van der Waals surface area contributed by atoms with Crippen LogP contribution in [0.1, 0.15) is 173 Å². The first-order valence-corrected chi connectivity index (χ1v) is 41.3. The largest absolute Gasteiger partial charge is 0.458 e. The van der Waals surface area contributed by atoms with Crippen molar-refractivity contribution in [2.45, 2.75) is 258 Å². The fourth-order valence-electron chi connectivity index (χ4n) is 18.1. The van der Waals surface area contributed by atoms with Crippen molar-refractivity contribution in [2.75, 3.05) is 41.3 Å². The van der Waals surface area contributed by atoms with Crippen LogP contribution in [0.5, 0.6) is 0 Å². The fourth-order valence-corrected chi connectivity index (χ4v) is 18.1. The standard InChI is InChI=1S/C45H62N4O11.C42H60N6O11/c1-11-34-45(8)32(23-35(50)59-45)27(4)36(51)25(2)24-44(7,60-43(55)48-18-13-16-30-15-12-17-31(22-30)40-46-19-14-20-47-40)39(28(5)37(52)29(6)41(54)57-34)58-42-38(53)33(49(9)10)21-26(3)56-42;1-11-31-42(8)29(18-33(49)58-42)25(4)34(50)23(2)19-41(7,59-40(54)45-14-12-13-28-21-48(22-46-28)32-20-43-15-16-44-32)37(26(5)35(51)27(6)38(53)56-31)57-39-36(52)30(47(9)10)17-24(3)55-39/h12-17,19-20,22,25-29,32-34,38-39,42,53H,11,18,21,23-24H2,1-10H3,(H,48,55);12-13,15-16,20-27,29-31,36-37,39,52H,11,14,17-19H2,1-10H3,(H,45,54)/b16-13+;13-12+/t25-,26-,27?,28+,29-,32?,33+,34-,38-,39-,42?,44-,45+;23-,24-,25?,26+,27-,29?,30+,31-,36-,37-,39?,41-,42+/m11/s1. The van der Waals surface area contributed by atoms with E-state index in [9.17, 15) is 58.2 Å². The number of imidazole rings is 1. The van der Waals surface area contributed by atoms with Gasteiger partial charge in [0.25, 0.3) is 0 Å². The Bertz CT molecular complexity index is 4280. The zero-order chi connectivity index (χ0) is 87.5. The highest BCUT2D eigenvalue weighted by Gasteiger charge is 2.60. The minimum Gasteiger partial charge on any atom is -0.458 e. The number of fused-ring (bicyclic) bond motifs is 2. The molecule has 10 rings (SSSR count). The molecule has 6 aliphatic rings. The number of cyclic esters (lactones) is 2. The Morgan fingerprint density at radius 1 is 0.580 bits per heavy atom. The molecule has 0 aliphatic carbocycles. The van der Waals surface area contributed by atoms with Gasteiger partial charge in [-0.3, -0.25) is 47.9 Å². The summed E-state index contributed by atoms with van der Waals surface area (Å²) < 4.78 is 63.4. The average molecular weight is 1660 g/mol. The molecule has 119 heavy (non-hydrogen) atoms. The van der Waals surface area contributed by atoms with Crippen LogP contribution in [0.25, 0.3) is 29.4 Å². The van der Waals surface area contributed by atoms with Gasteiger partial charge in [0.1, 0.15) is 88.8 Å². The van der Waals surface area contributed by atoms with E-state index >= 15 is 0 Å². The van der Waals surface area contributed by atoms with Crippen molar-refractivity contribution in [3.05, 3.63) is 97.2 Å². The number of likely N-dealkylation sites (N-methyl/N-ethyl adjacent to an activating group) is 2. The number of benzene rings is 1. The van der Waals surface area contributed by atoms with Crippen LogP contribution in [0.2, 0.25) is 0 Å². The first-order chi connectivity index (χ1) is 56.1. The summed E-state index contributed by atoms with van der Waals surface area (Å²) in [5, 5.41) is 28.6. The highest BCUT2D eigenvalue weighted by atomic mass is 16.7. The lowest BCUT2D eigenvalue weighted by molar-refractivity contribution is -0.292. The summed E-state index contributed by atoms with van der Waals surface area (Å²) in [7, 11) is 7.31. The van der Waals surface area contributed by atoms with Crippen molar-refractivity contribution < 1.29 is 106 Å². The second kappa shape index (κ2) is 40.0. The molecule has 4 aromatic rings. The Hall–Kier alpha value is -9.15. The predicted molar refractivity (Wildman–Crippen MR) is 433 cm³/mol. The third-order valence-electron chi connectivity index (χ3n) is 24.7. The Morgan fingerprint density at radius 2 is 1.03 bits per heavy atom. The molecule has 652 valence electrons. The first kappa shape index (κ1) is 93.7. The molecule has 6 saturated heterocycles. The summed E-state index contributed by atoms with van der Waals surface area (Å²) in [6.07, 6.45) is 7.51. The van der Waals surface area contributed by atoms with Gasteiger partial charge in [-0.1, -0.05) is 91.8 Å². The summed E-state index contributed by atoms with van der Waals surface area (Å²) in [6, 6.07) is 8.57. The van der Waals surface area contributed by atoms with Gasteiger partial charge in [-0.25, -0.2) is 29.5 Å². The molecule has 6 unspecified atom stereocenters. The molecule has 0 saturated carbocycles. The Morgan fingerprint density at radius 3 is 1.46 bits per heavy atom. The number of carbonyl (C=O) groups is 10. The summed E-state index contributed by atoms with van der Waals surface area (Å²) in [5.41, 5.74) is -3.89. The molecule has 3 aromatic heterocycles. The number of aliphatic hydroxyl groups is 2. The number of rotatable bonds is 18. The number of amides is 2. The molecular weight excluding hydrogens is 1540 g/mol. The maximum atomic E-state index is 14.5. The summed E-state index contributed by atoms with van der Waals surface area (Å²) in [6.45, 7) is 26.6. The number of hydrogen-bond acceptors (Lipinski definition) is 29. The highest BCUT2D eigenvalue weighted by Crippen LogP contribution is 2.48. The van der Waals surface area contributed by atoms with E-state index in [0.717, 1.165) is 11.1 Å². The van der Waals surface area contributed by atoms with Crippen molar-refractivity contribution >= 4 is 71.3 Å². The number of ether oxygens (including phenoxy) is 10. The number of alkyl carbamates (subject to hydrolysis) is 2. The van der Waals surface area contributed by atoms with Crippen LogP contribution in [-0.2, 0) is 85.7 Å². The molecule has 32 heteroatoms. The lowest BCUT2D eigenvalue weighted by atomic mass is 9.70. The zero-order valence-corrected chi connectivity index (χ0v) is 72.1. The van der Waals surface area contributed by atoms with Crippen molar-refractivity contribution in [3.8, 4) is 17.2 Å². The summed E-state index contributed by atoms with van der Waals surface area (Å²) >= 11 is 0. The predicted octanol–water partition coefficient (Wildman–Crippen LogP) is 8.88. The minimum atomic E-state index is -1.74. The van der Waals surface area contributed by atoms with Crippen LogP contribution in [0, 0.1) is 59.2 Å². The quantitative estimate of drug-likeness (QED) is 0.0410. The zero-order valence-electron chi connectivity index (χ0n) is 72.1. The molecule has 9 heterocycles. The van der Waals surface area contributed by atoms with E-state index in [2.05, 4.69) is 35.6 Å². The lowest BCUT2D eigenvalue weighted by Crippen LogP contribution is -2.60. The van der Waals surface area contributed by atoms with Gasteiger partial charge in [0.05, 0.1) is 36.9 Å². The van der Waals surface area contributed by atoms with E-state index in [0.29, 0.717) is 30.2 Å². The molecule has 2 amide bonds. The van der Waals surface area contributed by atoms with Gasteiger partial charge in [0, 0.05) is 109 Å². The maximum absolute atomic E-state index is 14.5. The normalized spacial score (nSPS) is 35.9. The molecule has 32 nitrogen and oxygen atoms in total. The molecule has 1 aromatic carbocycles. The summed E-state index contributed by atoms with van der Waals surface area (Å²) in [4.78, 5) is 164. The van der Waals surface area contributed by atoms with Gasteiger partial charge in [-0.2, -0.15) is 0 Å². The van der Waals surface area contributed by atoms with Gasteiger partial charge in [-0.15, -0.1) is 0 Å². The van der Waals surface area contributed by atoms with Crippen molar-refractivity contribution in [1.82, 2.24) is 49.9 Å². The van der Waals surface area contributed by atoms with Crippen LogP contribution in [0.15, 0.2) is 86.0 Å². The fraction of sp³-hybridized carbons (Fsp3) is 0.644. The molecule has 6 fully saturated rings. The van der Waals surface area contributed by atoms with Gasteiger partial charge >= 0.3 is 36.1 Å². The van der Waals surface area contributed by atoms with Crippen molar-refractivity contribution in [3.63, 3.8) is 0 Å². The number of nitrogens with one attached hydrogen (secondary N) is 2. The summed E-state index contributed by atoms with van der Waals surface area (Å²) in [5.74, 6) is -12.6.